The van der Waals surface area contributed by atoms with Gasteiger partial charge in [-0.3, -0.25) is 4.79 Å². The van der Waals surface area contributed by atoms with Crippen molar-refractivity contribution in [2.45, 2.75) is 90.4 Å². The monoisotopic (exact) mass is 833 g/mol. The number of ether oxygens (including phenoxy) is 1. The number of carbonyl (C=O) groups is 1. The van der Waals surface area contributed by atoms with Crippen molar-refractivity contribution < 1.29 is 34.7 Å². The van der Waals surface area contributed by atoms with Crippen molar-refractivity contribution in [2.75, 3.05) is 0 Å². The SMILES string of the molecule is CC(C)c1c2c([c-]c3ccccc13)-c1nccc3[c]([Ge]([CH3])([CH3])[CH3])ccc(c13)O2.CCC(CC)C(=O)/C=C(\O)C(CC)CC.[Ir]. The van der Waals surface area contributed by atoms with Crippen molar-refractivity contribution >= 4 is 45.0 Å². The van der Waals surface area contributed by atoms with Crippen molar-refractivity contribution in [3.8, 4) is 22.8 Å². The molecule has 4 nitrogen and oxygen atoms in total. The van der Waals surface area contributed by atoms with Gasteiger partial charge in [-0.1, -0.05) is 27.7 Å². The number of allylic oxidation sites excluding steroid dienone is 2. The van der Waals surface area contributed by atoms with E-state index in [9.17, 15) is 9.90 Å². The van der Waals surface area contributed by atoms with Crippen molar-refractivity contribution in [1.29, 1.82) is 0 Å². The van der Waals surface area contributed by atoms with Gasteiger partial charge in [0.25, 0.3) is 0 Å². The van der Waals surface area contributed by atoms with Crippen molar-refractivity contribution in [3.05, 3.63) is 72.1 Å². The number of aromatic nitrogens is 1. The number of hydrogen-bond acceptors (Lipinski definition) is 4. The summed E-state index contributed by atoms with van der Waals surface area (Å²) in [6.45, 7) is 12.5. The van der Waals surface area contributed by atoms with E-state index >= 15 is 0 Å². The molecule has 0 saturated heterocycles. The number of ketones is 1. The molecule has 0 amide bonds. The van der Waals surface area contributed by atoms with Gasteiger partial charge < -0.3 is 5.11 Å². The van der Waals surface area contributed by atoms with Crippen molar-refractivity contribution in [3.63, 3.8) is 0 Å². The molecule has 5 rings (SSSR count). The predicted molar refractivity (Wildman–Crippen MR) is 185 cm³/mol. The summed E-state index contributed by atoms with van der Waals surface area (Å²) >= 11 is -2.03. The number of pyridine rings is 1. The first-order valence-corrected chi connectivity index (χ1v) is 23.3. The van der Waals surface area contributed by atoms with Crippen molar-refractivity contribution in [2.24, 2.45) is 11.8 Å². The molecule has 1 N–H and O–H groups in total. The van der Waals surface area contributed by atoms with Gasteiger partial charge >= 0.3 is 169 Å². The Balaban J connectivity index is 0.000000286. The molecule has 0 saturated carbocycles. The summed E-state index contributed by atoms with van der Waals surface area (Å²) in [7, 11) is 0. The van der Waals surface area contributed by atoms with Crippen LogP contribution in [0, 0.1) is 17.9 Å². The van der Waals surface area contributed by atoms with Gasteiger partial charge in [-0.05, 0) is 25.7 Å². The standard InChI is InChI=1S/C25H24GeNO.C13H24O2.Ir/c1-15(2)22-17-9-7-6-8-16(17)14-19-24-23-18(12-13-27-24)20(26(3,4)5)10-11-21(23)28-25(19)22;1-5-10(6-2)12(14)9-13(15)11(7-3)8-4;/h6-13,15H,1-5H3;9-11,14H,5-8H2,1-4H3;/q-1;;/b;12-9-;. The fourth-order valence-corrected chi connectivity index (χ4v) is 9.56. The summed E-state index contributed by atoms with van der Waals surface area (Å²) in [4.78, 5) is 16.5. The molecule has 3 aromatic carbocycles. The van der Waals surface area contributed by atoms with Crippen LogP contribution in [0.3, 0.4) is 0 Å². The fourth-order valence-electron chi connectivity index (χ4n) is 6.21. The topological polar surface area (TPSA) is 59.4 Å². The molecule has 237 valence electrons. The Bertz CT molecular complexity index is 1650. The number of benzene rings is 3. The molecule has 2 heterocycles. The smallest absolute Gasteiger partial charge is 0.162 e. The van der Waals surface area contributed by atoms with Gasteiger partial charge in [-0.15, -0.1) is 0 Å². The number of aliphatic hydroxyl groups excluding tert-OH is 1. The van der Waals surface area contributed by atoms with Gasteiger partial charge in [0.05, 0.1) is 5.76 Å². The van der Waals surface area contributed by atoms with Crippen LogP contribution in [-0.2, 0) is 24.9 Å². The van der Waals surface area contributed by atoms with E-state index in [-0.39, 0.29) is 43.5 Å². The van der Waals surface area contributed by atoms with Gasteiger partial charge in [-0.2, -0.15) is 0 Å². The van der Waals surface area contributed by atoms with Gasteiger partial charge in [-0.25, -0.2) is 0 Å². The third-order valence-corrected chi connectivity index (χ3v) is 13.1. The quantitative estimate of drug-likeness (QED) is 0.0696. The van der Waals surface area contributed by atoms with E-state index in [1.165, 1.54) is 26.8 Å². The molecule has 1 aromatic heterocycles. The van der Waals surface area contributed by atoms with Crippen LogP contribution in [0.15, 0.2) is 60.5 Å². The van der Waals surface area contributed by atoms with E-state index < -0.39 is 13.3 Å². The van der Waals surface area contributed by atoms with Crippen molar-refractivity contribution in [1.82, 2.24) is 4.98 Å². The molecule has 0 spiro atoms. The molecule has 0 unspecified atom stereocenters. The van der Waals surface area contributed by atoms with Gasteiger partial charge in [0.1, 0.15) is 0 Å². The van der Waals surface area contributed by atoms with Crippen LogP contribution in [0.1, 0.15) is 78.7 Å². The molecule has 44 heavy (non-hydrogen) atoms. The largest absolute Gasteiger partial charge is 0.512 e. The predicted octanol–water partition coefficient (Wildman–Crippen LogP) is 10.5. The van der Waals surface area contributed by atoms with Crippen LogP contribution < -0.4 is 9.13 Å². The Labute approximate surface area is 280 Å². The normalized spacial score (nSPS) is 12.6. The number of hydrogen-bond donors (Lipinski definition) is 1. The summed E-state index contributed by atoms with van der Waals surface area (Å²) in [6.07, 6.45) is 6.86. The summed E-state index contributed by atoms with van der Waals surface area (Å²) < 4.78 is 8.07. The minimum atomic E-state index is -2.03. The number of fused-ring (bicyclic) bond motifs is 3. The second-order valence-corrected chi connectivity index (χ2v) is 23.6. The minimum Gasteiger partial charge on any atom is -0.512 e. The Morgan fingerprint density at radius 1 is 0.932 bits per heavy atom. The molecular weight excluding hydrogens is 783 g/mol. The van der Waals surface area contributed by atoms with Gasteiger partial charge in [0.2, 0.25) is 0 Å². The van der Waals surface area contributed by atoms with E-state index in [2.05, 4.69) is 79.6 Å². The van der Waals surface area contributed by atoms with Crippen LogP contribution in [-0.4, -0.2) is 29.1 Å². The second kappa shape index (κ2) is 15.2. The average Bonchev–Trinajstić information content (AvgIpc) is 2.97. The first kappa shape index (κ1) is 36.0. The zero-order valence-corrected chi connectivity index (χ0v) is 32.3. The number of carbonyl (C=O) groups excluding carboxylic acids is 1. The molecule has 4 aromatic rings. The molecule has 1 aliphatic rings. The zero-order chi connectivity index (χ0) is 31.5. The zero-order valence-electron chi connectivity index (χ0n) is 27.8. The molecule has 1 radical (unpaired) electrons. The van der Waals surface area contributed by atoms with Crippen LogP contribution in [0.25, 0.3) is 32.8 Å². The molecule has 0 fully saturated rings. The molecule has 1 aliphatic heterocycles. The Kier molecular flexibility index (Phi) is 12.4. The maximum absolute atomic E-state index is 11.7. The van der Waals surface area contributed by atoms with Crippen LogP contribution in [0.4, 0.5) is 0 Å². The first-order chi connectivity index (χ1) is 20.5. The summed E-state index contributed by atoms with van der Waals surface area (Å²) in [5.74, 6) is 10.0. The molecule has 0 aliphatic carbocycles. The van der Waals surface area contributed by atoms with E-state index in [0.717, 1.165) is 59.2 Å². The van der Waals surface area contributed by atoms with Crippen LogP contribution in [0.5, 0.6) is 11.5 Å². The third-order valence-electron chi connectivity index (χ3n) is 8.75. The van der Waals surface area contributed by atoms with E-state index in [1.54, 1.807) is 0 Å². The second-order valence-electron chi connectivity index (χ2n) is 13.0. The fraction of sp³-hybridized carbons (Fsp3) is 0.421. The third kappa shape index (κ3) is 7.32. The number of rotatable bonds is 9. The average molecular weight is 832 g/mol. The number of nitrogens with zero attached hydrogens (tertiary/aromatic N) is 1. The minimum absolute atomic E-state index is 0. The molecular formula is C38H48GeIrNO3-. The van der Waals surface area contributed by atoms with Crippen LogP contribution >= 0.6 is 0 Å². The molecule has 6 heteroatoms. The summed E-state index contributed by atoms with van der Waals surface area (Å²) in [5, 5.41) is 14.5. The Morgan fingerprint density at radius 3 is 2.16 bits per heavy atom. The van der Waals surface area contributed by atoms with E-state index in [4.69, 9.17) is 9.72 Å². The van der Waals surface area contributed by atoms with E-state index in [0.29, 0.717) is 5.92 Å². The first-order valence-electron chi connectivity index (χ1n) is 16.0. The van der Waals surface area contributed by atoms with Gasteiger partial charge in [0.15, 0.2) is 5.78 Å². The molecule has 0 atom stereocenters. The Hall–Kier alpha value is -2.47. The van der Waals surface area contributed by atoms with Crippen LogP contribution in [0.2, 0.25) is 17.3 Å². The van der Waals surface area contributed by atoms with E-state index in [1.807, 2.05) is 33.9 Å². The Morgan fingerprint density at radius 2 is 1.57 bits per heavy atom. The summed E-state index contributed by atoms with van der Waals surface area (Å²) in [5.41, 5.74) is 3.25. The molecule has 0 bridgehead atoms. The maximum atomic E-state index is 11.7. The maximum Gasteiger partial charge on any atom is 0.162 e. The van der Waals surface area contributed by atoms with Gasteiger partial charge in [0, 0.05) is 38.0 Å². The summed E-state index contributed by atoms with van der Waals surface area (Å²) in [6, 6.07) is 18.7. The number of aliphatic hydroxyl groups is 1.